The van der Waals surface area contributed by atoms with Crippen molar-refractivity contribution in [1.29, 1.82) is 0 Å². The maximum atomic E-state index is 12.4. The van der Waals surface area contributed by atoms with Gasteiger partial charge in [0.05, 0.1) is 5.75 Å². The van der Waals surface area contributed by atoms with Gasteiger partial charge in [-0.3, -0.25) is 10.1 Å². The molecule has 1 N–H and O–H groups in total. The number of aryl methyl sites for hydroxylation is 3. The number of rotatable bonds is 10. The fraction of sp³-hybridized carbons (Fsp3) is 0.318. The van der Waals surface area contributed by atoms with Crippen LogP contribution in [0.1, 0.15) is 29.0 Å². The van der Waals surface area contributed by atoms with Crippen molar-refractivity contribution >= 4 is 34.1 Å². The second-order valence-electron chi connectivity index (χ2n) is 7.26. The van der Waals surface area contributed by atoms with Crippen molar-refractivity contribution in [2.24, 2.45) is 7.05 Å². The van der Waals surface area contributed by atoms with Crippen molar-refractivity contribution < 1.29 is 4.79 Å². The molecule has 8 nitrogen and oxygen atoms in total. The van der Waals surface area contributed by atoms with E-state index in [1.54, 1.807) is 0 Å². The largest absolute Gasteiger partial charge is 0.354 e. The van der Waals surface area contributed by atoms with Crippen molar-refractivity contribution in [2.45, 2.75) is 37.9 Å². The molecule has 4 rings (SSSR count). The first kappa shape index (κ1) is 22.2. The number of carbonyl (C=O) groups excluding carboxylic acids is 1. The summed E-state index contributed by atoms with van der Waals surface area (Å²) < 4.78 is 4.21. The molecule has 0 spiro atoms. The third kappa shape index (κ3) is 5.63. The van der Waals surface area contributed by atoms with Gasteiger partial charge in [-0.2, -0.15) is 0 Å². The molecular formula is C22H25N7OS2. The van der Waals surface area contributed by atoms with Gasteiger partial charge in [-0.15, -0.1) is 20.4 Å². The van der Waals surface area contributed by atoms with Crippen LogP contribution in [0.2, 0.25) is 0 Å². The van der Waals surface area contributed by atoms with Crippen LogP contribution in [0.15, 0.2) is 53.8 Å². The molecule has 0 saturated heterocycles. The molecular weight excluding hydrogens is 442 g/mol. The van der Waals surface area contributed by atoms with Crippen LogP contribution in [0.4, 0.5) is 5.13 Å². The first-order valence-electron chi connectivity index (χ1n) is 10.4. The number of thioether (sulfide) groups is 1. The van der Waals surface area contributed by atoms with Crippen LogP contribution in [0.5, 0.6) is 0 Å². The molecule has 0 unspecified atom stereocenters. The molecule has 3 aromatic heterocycles. The topological polar surface area (TPSA) is 90.5 Å². The maximum absolute atomic E-state index is 12.4. The lowest BCUT2D eigenvalue weighted by atomic mass is 10.1. The number of nitrogens with zero attached hydrogens (tertiary/aromatic N) is 6. The van der Waals surface area contributed by atoms with Gasteiger partial charge in [0.2, 0.25) is 11.0 Å². The Bertz CT molecular complexity index is 1170. The van der Waals surface area contributed by atoms with Gasteiger partial charge in [-0.1, -0.05) is 60.4 Å². The first-order valence-corrected chi connectivity index (χ1v) is 12.2. The molecule has 0 aliphatic heterocycles. The summed E-state index contributed by atoms with van der Waals surface area (Å²) in [6, 6.07) is 14.5. The van der Waals surface area contributed by atoms with E-state index < -0.39 is 0 Å². The van der Waals surface area contributed by atoms with E-state index in [0.29, 0.717) is 11.6 Å². The predicted molar refractivity (Wildman–Crippen MR) is 127 cm³/mol. The molecule has 3 heterocycles. The minimum atomic E-state index is -0.129. The number of anilines is 1. The molecule has 4 aromatic rings. The van der Waals surface area contributed by atoms with Gasteiger partial charge >= 0.3 is 0 Å². The lowest BCUT2D eigenvalue weighted by Gasteiger charge is -2.11. The molecule has 0 saturated carbocycles. The van der Waals surface area contributed by atoms with Crippen molar-refractivity contribution in [3.8, 4) is 0 Å². The Labute approximate surface area is 195 Å². The summed E-state index contributed by atoms with van der Waals surface area (Å²) in [7, 11) is 2.03. The molecule has 0 aliphatic rings. The number of benzene rings is 1. The Morgan fingerprint density at radius 2 is 1.94 bits per heavy atom. The number of aromatic nitrogens is 6. The fourth-order valence-electron chi connectivity index (χ4n) is 3.24. The number of hydrogen-bond acceptors (Lipinski definition) is 7. The summed E-state index contributed by atoms with van der Waals surface area (Å²) in [5.41, 5.74) is 2.42. The molecule has 0 radical (unpaired) electrons. The molecule has 10 heteroatoms. The van der Waals surface area contributed by atoms with E-state index >= 15 is 0 Å². The van der Waals surface area contributed by atoms with Gasteiger partial charge in [0.25, 0.3) is 0 Å². The highest BCUT2D eigenvalue weighted by atomic mass is 32.2. The highest BCUT2D eigenvalue weighted by Crippen LogP contribution is 2.21. The Morgan fingerprint density at radius 3 is 2.66 bits per heavy atom. The second kappa shape index (κ2) is 10.6. The highest BCUT2D eigenvalue weighted by Gasteiger charge is 2.16. The number of amides is 1. The highest BCUT2D eigenvalue weighted by molar-refractivity contribution is 7.99. The minimum absolute atomic E-state index is 0.129. The molecule has 0 aliphatic carbocycles. The van der Waals surface area contributed by atoms with Crippen molar-refractivity contribution in [3.05, 3.63) is 70.8 Å². The summed E-state index contributed by atoms with van der Waals surface area (Å²) in [5.74, 6) is 0.993. The summed E-state index contributed by atoms with van der Waals surface area (Å²) in [6.07, 6.45) is 4.38. The van der Waals surface area contributed by atoms with E-state index in [2.05, 4.69) is 53.0 Å². The van der Waals surface area contributed by atoms with E-state index in [1.807, 2.05) is 44.4 Å². The minimum Gasteiger partial charge on any atom is -0.354 e. The van der Waals surface area contributed by atoms with Crippen LogP contribution in [0.3, 0.4) is 0 Å². The third-order valence-corrected chi connectivity index (χ3v) is 6.95. The number of carbonyl (C=O) groups is 1. The van der Waals surface area contributed by atoms with E-state index in [0.717, 1.165) is 41.1 Å². The summed E-state index contributed by atoms with van der Waals surface area (Å²) in [6.45, 7) is 2.76. The normalized spacial score (nSPS) is 11.1. The fourth-order valence-corrected chi connectivity index (χ4v) is 4.72. The van der Waals surface area contributed by atoms with Gasteiger partial charge < -0.3 is 9.13 Å². The van der Waals surface area contributed by atoms with Gasteiger partial charge in [-0.05, 0) is 30.5 Å². The van der Waals surface area contributed by atoms with E-state index in [1.165, 1.54) is 28.7 Å². The molecule has 0 bridgehead atoms. The smallest absolute Gasteiger partial charge is 0.236 e. The molecule has 1 aromatic carbocycles. The van der Waals surface area contributed by atoms with Crippen molar-refractivity contribution in [2.75, 3.05) is 11.1 Å². The van der Waals surface area contributed by atoms with Crippen LogP contribution in [-0.2, 0) is 37.6 Å². The number of hydrogen-bond donors (Lipinski definition) is 1. The zero-order valence-electron chi connectivity index (χ0n) is 18.1. The van der Waals surface area contributed by atoms with Crippen LogP contribution in [0.25, 0.3) is 0 Å². The lowest BCUT2D eigenvalue weighted by Crippen LogP contribution is -2.15. The summed E-state index contributed by atoms with van der Waals surface area (Å²) >= 11 is 2.79. The average Bonchev–Trinajstić information content (AvgIpc) is 3.53. The maximum Gasteiger partial charge on any atom is 0.236 e. The Kier molecular flexibility index (Phi) is 7.33. The average molecular weight is 468 g/mol. The summed E-state index contributed by atoms with van der Waals surface area (Å²) in [4.78, 5) is 12.4. The standard InChI is InChI=1S/C22H25N7OS2/c1-3-20-25-26-21(32-20)23-19(30)15-31-22-27-24-18(14-17-10-7-12-28(17)2)29(22)13-11-16-8-5-4-6-9-16/h4-10,12H,3,11,13-15H2,1-2H3,(H,23,26,30). The van der Waals surface area contributed by atoms with Crippen LogP contribution < -0.4 is 5.32 Å². The van der Waals surface area contributed by atoms with Crippen LogP contribution in [0, 0.1) is 0 Å². The first-order chi connectivity index (χ1) is 15.6. The zero-order valence-corrected chi connectivity index (χ0v) is 19.7. The Morgan fingerprint density at radius 1 is 1.09 bits per heavy atom. The lowest BCUT2D eigenvalue weighted by molar-refractivity contribution is -0.113. The van der Waals surface area contributed by atoms with E-state index in [4.69, 9.17) is 0 Å². The quantitative estimate of drug-likeness (QED) is 0.359. The second-order valence-corrected chi connectivity index (χ2v) is 9.27. The predicted octanol–water partition coefficient (Wildman–Crippen LogP) is 3.59. The van der Waals surface area contributed by atoms with E-state index in [-0.39, 0.29) is 11.7 Å². The monoisotopic (exact) mass is 467 g/mol. The van der Waals surface area contributed by atoms with Crippen molar-refractivity contribution in [3.63, 3.8) is 0 Å². The molecule has 32 heavy (non-hydrogen) atoms. The molecule has 0 fully saturated rings. The zero-order chi connectivity index (χ0) is 22.3. The van der Waals surface area contributed by atoms with Gasteiger partial charge in [-0.25, -0.2) is 0 Å². The van der Waals surface area contributed by atoms with Gasteiger partial charge in [0.15, 0.2) is 5.16 Å². The Balaban J connectivity index is 1.45. The van der Waals surface area contributed by atoms with Crippen LogP contribution in [-0.4, -0.2) is 41.2 Å². The molecule has 1 amide bonds. The van der Waals surface area contributed by atoms with Gasteiger partial charge in [0, 0.05) is 31.9 Å². The SMILES string of the molecule is CCc1nnc(NC(=O)CSc2nnc(Cc3cccn3C)n2CCc2ccccc2)s1. The molecule has 166 valence electrons. The third-order valence-electron chi connectivity index (χ3n) is 5.00. The van der Waals surface area contributed by atoms with Crippen LogP contribution >= 0.6 is 23.1 Å². The Hall–Kier alpha value is -2.98. The molecule has 0 atom stereocenters. The van der Waals surface area contributed by atoms with Crippen molar-refractivity contribution in [1.82, 2.24) is 29.5 Å². The van der Waals surface area contributed by atoms with Gasteiger partial charge in [0.1, 0.15) is 10.8 Å². The number of nitrogens with one attached hydrogen (secondary N) is 1. The van der Waals surface area contributed by atoms with E-state index in [9.17, 15) is 4.79 Å². The summed E-state index contributed by atoms with van der Waals surface area (Å²) in [5, 5.41) is 21.9.